The zero-order valence-electron chi connectivity index (χ0n) is 13.3. The predicted octanol–water partition coefficient (Wildman–Crippen LogP) is 1.65. The molecule has 0 bridgehead atoms. The summed E-state index contributed by atoms with van der Waals surface area (Å²) < 4.78 is 24.1. The largest absolute Gasteiger partial charge is 0.486 e. The summed E-state index contributed by atoms with van der Waals surface area (Å²) in [5, 5.41) is 9.84. The molecule has 2 rings (SSSR count). The van der Waals surface area contributed by atoms with Crippen LogP contribution in [0.3, 0.4) is 0 Å². The molecule has 0 radical (unpaired) electrons. The maximum absolute atomic E-state index is 13.5. The van der Waals surface area contributed by atoms with Crippen LogP contribution >= 0.6 is 0 Å². The number of guanidine groups is 1. The molecule has 1 unspecified atom stereocenters. The van der Waals surface area contributed by atoms with Crippen LogP contribution < -0.4 is 15.4 Å². The molecular formula is C15H20FN5O2. The molecule has 124 valence electrons. The van der Waals surface area contributed by atoms with Crippen LogP contribution in [0.25, 0.3) is 0 Å². The van der Waals surface area contributed by atoms with Crippen LogP contribution in [0.15, 0.2) is 33.8 Å². The zero-order chi connectivity index (χ0) is 16.7. The van der Waals surface area contributed by atoms with Gasteiger partial charge in [0.1, 0.15) is 6.10 Å². The molecule has 7 nitrogen and oxygen atoms in total. The van der Waals surface area contributed by atoms with Gasteiger partial charge in [0.05, 0.1) is 13.1 Å². The Bertz CT molecular complexity index is 659. The highest BCUT2D eigenvalue weighted by atomic mass is 19.1. The van der Waals surface area contributed by atoms with Crippen molar-refractivity contribution in [1.82, 2.24) is 20.8 Å². The van der Waals surface area contributed by atoms with Crippen LogP contribution in [0.1, 0.15) is 18.6 Å². The van der Waals surface area contributed by atoms with E-state index in [2.05, 4.69) is 25.8 Å². The summed E-state index contributed by atoms with van der Waals surface area (Å²) in [5.41, 5.74) is 0. The van der Waals surface area contributed by atoms with Crippen molar-refractivity contribution in [2.24, 2.45) is 4.99 Å². The fourth-order valence-electron chi connectivity index (χ4n) is 1.83. The number of nitrogens with zero attached hydrogens (tertiary/aromatic N) is 3. The Morgan fingerprint density at radius 3 is 2.83 bits per heavy atom. The number of rotatable bonds is 6. The van der Waals surface area contributed by atoms with E-state index in [9.17, 15) is 4.39 Å². The maximum Gasteiger partial charge on any atom is 0.246 e. The van der Waals surface area contributed by atoms with E-state index in [-0.39, 0.29) is 17.7 Å². The van der Waals surface area contributed by atoms with Gasteiger partial charge < -0.3 is 19.9 Å². The van der Waals surface area contributed by atoms with Crippen molar-refractivity contribution in [2.45, 2.75) is 26.5 Å². The van der Waals surface area contributed by atoms with Gasteiger partial charge in [-0.3, -0.25) is 4.99 Å². The number of hydrogen-bond donors (Lipinski definition) is 2. The number of aryl methyl sites for hydroxylation is 1. The number of benzene rings is 1. The first-order valence-corrected chi connectivity index (χ1v) is 7.23. The summed E-state index contributed by atoms with van der Waals surface area (Å²) >= 11 is 0. The second kappa shape index (κ2) is 8.11. The van der Waals surface area contributed by atoms with E-state index in [0.29, 0.717) is 30.8 Å². The van der Waals surface area contributed by atoms with Gasteiger partial charge in [0, 0.05) is 7.05 Å². The molecule has 2 aromatic rings. The molecule has 2 N–H and O–H groups in total. The third-order valence-electron chi connectivity index (χ3n) is 2.92. The molecule has 0 saturated heterocycles. The van der Waals surface area contributed by atoms with Gasteiger partial charge in [-0.05, 0) is 26.0 Å². The summed E-state index contributed by atoms with van der Waals surface area (Å²) in [6.45, 7) is 4.41. The van der Waals surface area contributed by atoms with Gasteiger partial charge in [-0.15, -0.1) is 0 Å². The quantitative estimate of drug-likeness (QED) is 0.622. The molecule has 1 atom stereocenters. The van der Waals surface area contributed by atoms with Gasteiger partial charge in [0.25, 0.3) is 0 Å². The highest BCUT2D eigenvalue weighted by Gasteiger charge is 2.09. The Hall–Kier alpha value is -2.64. The highest BCUT2D eigenvalue weighted by molar-refractivity contribution is 5.79. The minimum absolute atomic E-state index is 0.228. The van der Waals surface area contributed by atoms with Crippen molar-refractivity contribution in [3.8, 4) is 5.75 Å². The molecule has 0 aliphatic carbocycles. The molecule has 0 aliphatic heterocycles. The van der Waals surface area contributed by atoms with Crippen molar-refractivity contribution < 1.29 is 13.7 Å². The van der Waals surface area contributed by atoms with E-state index in [4.69, 9.17) is 9.26 Å². The molecule has 0 aliphatic rings. The molecular weight excluding hydrogens is 301 g/mol. The van der Waals surface area contributed by atoms with E-state index in [1.54, 1.807) is 32.2 Å². The molecule has 1 heterocycles. The highest BCUT2D eigenvalue weighted by Crippen LogP contribution is 2.16. The summed E-state index contributed by atoms with van der Waals surface area (Å²) in [6.07, 6.45) is -0.240. The van der Waals surface area contributed by atoms with E-state index in [0.717, 1.165) is 0 Å². The number of para-hydroxylation sites is 1. The fourth-order valence-corrected chi connectivity index (χ4v) is 1.83. The lowest BCUT2D eigenvalue weighted by molar-refractivity contribution is 0.214. The topological polar surface area (TPSA) is 84.6 Å². The molecule has 23 heavy (non-hydrogen) atoms. The Labute approximate surface area is 134 Å². The van der Waals surface area contributed by atoms with Gasteiger partial charge in [0.15, 0.2) is 23.4 Å². The molecule has 8 heteroatoms. The average molecular weight is 321 g/mol. The molecule has 1 aromatic heterocycles. The van der Waals surface area contributed by atoms with Gasteiger partial charge in [-0.2, -0.15) is 4.98 Å². The van der Waals surface area contributed by atoms with Crippen molar-refractivity contribution in [3.05, 3.63) is 41.8 Å². The lowest BCUT2D eigenvalue weighted by Crippen LogP contribution is -2.41. The van der Waals surface area contributed by atoms with Crippen molar-refractivity contribution in [2.75, 3.05) is 13.6 Å². The SMILES string of the molecule is CN=C(NCc1nc(C)no1)NCC(C)Oc1ccccc1F. The Morgan fingerprint density at radius 1 is 1.39 bits per heavy atom. The summed E-state index contributed by atoms with van der Waals surface area (Å²) in [5.74, 6) is 1.46. The molecule has 1 aromatic carbocycles. The van der Waals surface area contributed by atoms with Crippen molar-refractivity contribution in [3.63, 3.8) is 0 Å². The van der Waals surface area contributed by atoms with Gasteiger partial charge in [-0.1, -0.05) is 17.3 Å². The number of aliphatic imine (C=N–C) groups is 1. The van der Waals surface area contributed by atoms with E-state index >= 15 is 0 Å². The molecule has 0 saturated carbocycles. The number of halogens is 1. The lowest BCUT2D eigenvalue weighted by atomic mass is 10.3. The number of ether oxygens (including phenoxy) is 1. The Balaban J connectivity index is 1.77. The normalized spacial score (nSPS) is 12.8. The van der Waals surface area contributed by atoms with Crippen molar-refractivity contribution >= 4 is 5.96 Å². The van der Waals surface area contributed by atoms with Gasteiger partial charge in [0.2, 0.25) is 5.89 Å². The van der Waals surface area contributed by atoms with Crippen LogP contribution in [-0.2, 0) is 6.54 Å². The number of aromatic nitrogens is 2. The Kier molecular flexibility index (Phi) is 5.90. The smallest absolute Gasteiger partial charge is 0.246 e. The molecule has 0 amide bonds. The second-order valence-corrected chi connectivity index (χ2v) is 4.90. The van der Waals surface area contributed by atoms with Crippen LogP contribution in [0.4, 0.5) is 4.39 Å². The first-order valence-electron chi connectivity index (χ1n) is 7.23. The standard InChI is InChI=1S/C15H20FN5O2/c1-10(22-13-7-5-4-6-12(13)16)8-18-15(17-3)19-9-14-20-11(2)21-23-14/h4-7,10H,8-9H2,1-3H3,(H2,17,18,19). The van der Waals surface area contributed by atoms with E-state index in [1.165, 1.54) is 6.07 Å². The van der Waals surface area contributed by atoms with E-state index in [1.807, 2.05) is 6.92 Å². The summed E-state index contributed by atoms with van der Waals surface area (Å²) in [4.78, 5) is 8.17. The number of nitrogens with one attached hydrogen (secondary N) is 2. The van der Waals surface area contributed by atoms with E-state index < -0.39 is 0 Å². The van der Waals surface area contributed by atoms with Crippen LogP contribution in [0.2, 0.25) is 0 Å². The first-order chi connectivity index (χ1) is 11.1. The average Bonchev–Trinajstić information content (AvgIpc) is 2.95. The minimum Gasteiger partial charge on any atom is -0.486 e. The van der Waals surface area contributed by atoms with Crippen LogP contribution in [0.5, 0.6) is 5.75 Å². The van der Waals surface area contributed by atoms with Gasteiger partial charge in [-0.25, -0.2) is 4.39 Å². The minimum atomic E-state index is -0.381. The van der Waals surface area contributed by atoms with Gasteiger partial charge >= 0.3 is 0 Å². The van der Waals surface area contributed by atoms with Crippen molar-refractivity contribution in [1.29, 1.82) is 0 Å². The molecule has 0 fully saturated rings. The fraction of sp³-hybridized carbons (Fsp3) is 0.400. The first kappa shape index (κ1) is 16.7. The molecule has 0 spiro atoms. The second-order valence-electron chi connectivity index (χ2n) is 4.90. The summed E-state index contributed by atoms with van der Waals surface area (Å²) in [7, 11) is 1.65. The monoisotopic (exact) mass is 321 g/mol. The third-order valence-corrected chi connectivity index (χ3v) is 2.92. The lowest BCUT2D eigenvalue weighted by Gasteiger charge is -2.17. The Morgan fingerprint density at radius 2 is 2.17 bits per heavy atom. The van der Waals surface area contributed by atoms with Crippen LogP contribution in [-0.4, -0.2) is 35.8 Å². The zero-order valence-corrected chi connectivity index (χ0v) is 13.3. The van der Waals surface area contributed by atoms with Crippen LogP contribution in [0, 0.1) is 12.7 Å². The summed E-state index contributed by atoms with van der Waals surface area (Å²) in [6, 6.07) is 6.31. The maximum atomic E-state index is 13.5. The number of hydrogen-bond acceptors (Lipinski definition) is 5. The predicted molar refractivity (Wildman–Crippen MR) is 83.7 cm³/mol. The third kappa shape index (κ3) is 5.24.